The van der Waals surface area contributed by atoms with E-state index in [1.54, 1.807) is 6.92 Å². The standard InChI is InChI=1S/C18H27F3N2O5/c1-3-28-16(25)10-14(24)12-6-8-23(17(26)27-2)13(9-12)11-22-7-4-5-15(22)18(19,20)21/h12-13,15H,3-11H2,1-2H3/t12-,13+,15-/m1/s1. The third kappa shape index (κ3) is 5.59. The first-order valence-corrected chi connectivity index (χ1v) is 9.51. The number of amides is 1. The number of hydrogen-bond donors (Lipinski definition) is 0. The van der Waals surface area contributed by atoms with Crippen LogP contribution >= 0.6 is 0 Å². The van der Waals surface area contributed by atoms with Gasteiger partial charge in [-0.25, -0.2) is 4.79 Å². The number of ketones is 1. The summed E-state index contributed by atoms with van der Waals surface area (Å²) < 4.78 is 49.3. The molecule has 28 heavy (non-hydrogen) atoms. The Hall–Kier alpha value is -1.84. The number of Topliss-reactive ketones (excluding diaryl/α,β-unsaturated/α-hetero) is 1. The van der Waals surface area contributed by atoms with Crippen molar-refractivity contribution in [1.29, 1.82) is 0 Å². The number of alkyl halides is 3. The second-order valence-corrected chi connectivity index (χ2v) is 7.18. The average molecular weight is 408 g/mol. The van der Waals surface area contributed by atoms with E-state index in [0.717, 1.165) is 0 Å². The van der Waals surface area contributed by atoms with E-state index in [1.807, 2.05) is 0 Å². The van der Waals surface area contributed by atoms with Crippen LogP contribution in [0.2, 0.25) is 0 Å². The molecule has 0 bridgehead atoms. The predicted octanol–water partition coefficient (Wildman–Crippen LogP) is 2.38. The number of nitrogens with zero attached hydrogens (tertiary/aromatic N) is 2. The number of halogens is 3. The lowest BCUT2D eigenvalue weighted by molar-refractivity contribution is -0.177. The van der Waals surface area contributed by atoms with Crippen LogP contribution in [0.1, 0.15) is 39.0 Å². The molecule has 2 rings (SSSR count). The van der Waals surface area contributed by atoms with Gasteiger partial charge in [-0.1, -0.05) is 0 Å². The lowest BCUT2D eigenvalue weighted by Crippen LogP contribution is -2.54. The first-order valence-electron chi connectivity index (χ1n) is 9.51. The molecule has 0 aromatic carbocycles. The molecule has 0 saturated carbocycles. The van der Waals surface area contributed by atoms with Crippen molar-refractivity contribution in [3.63, 3.8) is 0 Å². The van der Waals surface area contributed by atoms with Gasteiger partial charge >= 0.3 is 18.2 Å². The van der Waals surface area contributed by atoms with Crippen LogP contribution in [-0.2, 0) is 19.1 Å². The second-order valence-electron chi connectivity index (χ2n) is 7.18. The van der Waals surface area contributed by atoms with Gasteiger partial charge in [-0.3, -0.25) is 14.5 Å². The Morgan fingerprint density at radius 1 is 1.14 bits per heavy atom. The minimum atomic E-state index is -4.33. The topological polar surface area (TPSA) is 76.2 Å². The first-order chi connectivity index (χ1) is 13.2. The van der Waals surface area contributed by atoms with Gasteiger partial charge in [-0.15, -0.1) is 0 Å². The van der Waals surface area contributed by atoms with Gasteiger partial charge in [-0.2, -0.15) is 13.2 Å². The Balaban J connectivity index is 2.08. The van der Waals surface area contributed by atoms with Crippen LogP contribution in [0.5, 0.6) is 0 Å². The van der Waals surface area contributed by atoms with Crippen molar-refractivity contribution in [3.05, 3.63) is 0 Å². The van der Waals surface area contributed by atoms with Crippen LogP contribution < -0.4 is 0 Å². The quantitative estimate of drug-likeness (QED) is 0.496. The summed E-state index contributed by atoms with van der Waals surface area (Å²) in [6, 6.07) is -2.12. The Morgan fingerprint density at radius 3 is 2.46 bits per heavy atom. The smallest absolute Gasteiger partial charge is 0.409 e. The summed E-state index contributed by atoms with van der Waals surface area (Å²) in [6.45, 7) is 2.31. The van der Waals surface area contributed by atoms with Gasteiger partial charge in [0.1, 0.15) is 18.2 Å². The van der Waals surface area contributed by atoms with Crippen LogP contribution in [0.4, 0.5) is 18.0 Å². The summed E-state index contributed by atoms with van der Waals surface area (Å²) in [4.78, 5) is 38.8. The Morgan fingerprint density at radius 2 is 1.86 bits per heavy atom. The molecule has 0 aliphatic carbocycles. The fraction of sp³-hybridized carbons (Fsp3) is 0.833. The molecular weight excluding hydrogens is 381 g/mol. The summed E-state index contributed by atoms with van der Waals surface area (Å²) in [5, 5.41) is 0. The highest BCUT2D eigenvalue weighted by molar-refractivity contribution is 5.96. The minimum Gasteiger partial charge on any atom is -0.466 e. The van der Waals surface area contributed by atoms with Gasteiger partial charge in [0.25, 0.3) is 0 Å². The summed E-state index contributed by atoms with van der Waals surface area (Å²) >= 11 is 0. The maximum Gasteiger partial charge on any atom is 0.409 e. The summed E-state index contributed by atoms with van der Waals surface area (Å²) in [5.74, 6) is -1.42. The molecule has 0 aromatic rings. The van der Waals surface area contributed by atoms with Gasteiger partial charge in [0.05, 0.1) is 13.7 Å². The zero-order valence-corrected chi connectivity index (χ0v) is 16.2. The number of methoxy groups -OCH3 is 1. The predicted molar refractivity (Wildman–Crippen MR) is 92.5 cm³/mol. The van der Waals surface area contributed by atoms with Gasteiger partial charge in [-0.05, 0) is 39.2 Å². The monoisotopic (exact) mass is 408 g/mol. The fourth-order valence-electron chi connectivity index (χ4n) is 4.06. The molecule has 0 spiro atoms. The van der Waals surface area contributed by atoms with E-state index in [2.05, 4.69) is 0 Å². The molecule has 160 valence electrons. The van der Waals surface area contributed by atoms with Crippen molar-refractivity contribution >= 4 is 17.8 Å². The number of carbonyl (C=O) groups is 3. The molecule has 0 unspecified atom stereocenters. The minimum absolute atomic E-state index is 0.0163. The third-order valence-electron chi connectivity index (χ3n) is 5.39. The average Bonchev–Trinajstić information content (AvgIpc) is 3.09. The largest absolute Gasteiger partial charge is 0.466 e. The molecule has 0 N–H and O–H groups in total. The highest BCUT2D eigenvalue weighted by Gasteiger charge is 2.47. The Labute approximate surface area is 162 Å². The van der Waals surface area contributed by atoms with E-state index in [-0.39, 0.29) is 51.3 Å². The molecule has 2 aliphatic heterocycles. The fourth-order valence-corrected chi connectivity index (χ4v) is 4.06. The lowest BCUT2D eigenvalue weighted by atomic mass is 9.86. The van der Waals surface area contributed by atoms with Crippen LogP contribution in [0.3, 0.4) is 0 Å². The number of ether oxygens (including phenoxy) is 2. The van der Waals surface area contributed by atoms with Crippen molar-refractivity contribution in [2.24, 2.45) is 5.92 Å². The number of rotatable bonds is 6. The van der Waals surface area contributed by atoms with Crippen LogP contribution in [0.15, 0.2) is 0 Å². The summed E-state index contributed by atoms with van der Waals surface area (Å²) in [6.07, 6.45) is -4.32. The molecule has 2 fully saturated rings. The van der Waals surface area contributed by atoms with Crippen LogP contribution in [0.25, 0.3) is 0 Å². The SMILES string of the molecule is CCOC(=O)CC(=O)[C@@H]1CCN(C(=O)OC)[C@H](CN2CCC[C@@H]2C(F)(F)F)C1. The summed E-state index contributed by atoms with van der Waals surface area (Å²) in [7, 11) is 1.21. The van der Waals surface area contributed by atoms with Crippen molar-refractivity contribution in [1.82, 2.24) is 9.80 Å². The van der Waals surface area contributed by atoms with E-state index in [9.17, 15) is 27.6 Å². The number of carbonyl (C=O) groups excluding carboxylic acids is 3. The maximum absolute atomic E-state index is 13.3. The number of likely N-dealkylation sites (tertiary alicyclic amines) is 2. The zero-order valence-electron chi connectivity index (χ0n) is 16.2. The van der Waals surface area contributed by atoms with Crippen molar-refractivity contribution in [3.8, 4) is 0 Å². The van der Waals surface area contributed by atoms with Crippen LogP contribution in [0, 0.1) is 5.92 Å². The van der Waals surface area contributed by atoms with E-state index in [0.29, 0.717) is 12.8 Å². The van der Waals surface area contributed by atoms with Crippen molar-refractivity contribution < 1.29 is 37.0 Å². The molecule has 2 saturated heterocycles. The zero-order chi connectivity index (χ0) is 20.9. The summed E-state index contributed by atoms with van der Waals surface area (Å²) in [5.41, 5.74) is 0. The highest BCUT2D eigenvalue weighted by Crippen LogP contribution is 2.34. The molecule has 0 radical (unpaired) electrons. The Kier molecular flexibility index (Phi) is 7.68. The molecule has 2 heterocycles. The van der Waals surface area contributed by atoms with Gasteiger partial charge < -0.3 is 14.4 Å². The molecule has 1 amide bonds. The van der Waals surface area contributed by atoms with Gasteiger partial charge in [0.15, 0.2) is 0 Å². The van der Waals surface area contributed by atoms with Gasteiger partial charge in [0, 0.05) is 25.0 Å². The third-order valence-corrected chi connectivity index (χ3v) is 5.39. The molecule has 2 aliphatic rings. The second kappa shape index (κ2) is 9.58. The van der Waals surface area contributed by atoms with E-state index in [1.165, 1.54) is 16.9 Å². The van der Waals surface area contributed by atoms with Crippen molar-refractivity contribution in [2.45, 2.75) is 57.3 Å². The van der Waals surface area contributed by atoms with E-state index >= 15 is 0 Å². The normalized spacial score (nSPS) is 26.2. The van der Waals surface area contributed by atoms with Gasteiger partial charge in [0.2, 0.25) is 0 Å². The van der Waals surface area contributed by atoms with E-state index < -0.39 is 36.2 Å². The van der Waals surface area contributed by atoms with Crippen LogP contribution in [-0.4, -0.2) is 79.3 Å². The molecule has 3 atom stereocenters. The maximum atomic E-state index is 13.3. The first kappa shape index (κ1) is 22.4. The highest BCUT2D eigenvalue weighted by atomic mass is 19.4. The van der Waals surface area contributed by atoms with E-state index in [4.69, 9.17) is 9.47 Å². The molecule has 7 nitrogen and oxygen atoms in total. The van der Waals surface area contributed by atoms with Crippen molar-refractivity contribution in [2.75, 3.05) is 33.4 Å². The molecular formula is C18H27F3N2O5. The molecule has 0 aromatic heterocycles. The number of piperidine rings is 1. The molecule has 10 heteroatoms. The number of hydrogen-bond acceptors (Lipinski definition) is 6. The lowest BCUT2D eigenvalue weighted by Gasteiger charge is -2.41. The number of esters is 1. The Bertz CT molecular complexity index is 584.